The molecular formula is C21H31N3O2. The number of carbonyl (C=O) groups excluding carboxylic acids is 2. The summed E-state index contributed by atoms with van der Waals surface area (Å²) in [5.74, 6) is 0.261. The van der Waals surface area contributed by atoms with Gasteiger partial charge in [-0.3, -0.25) is 9.59 Å². The Morgan fingerprint density at radius 1 is 1.12 bits per heavy atom. The lowest BCUT2D eigenvalue weighted by Crippen LogP contribution is -2.34. The molecule has 142 valence electrons. The first-order chi connectivity index (χ1) is 12.6. The largest absolute Gasteiger partial charge is 0.339 e. The predicted molar refractivity (Wildman–Crippen MR) is 105 cm³/mol. The second-order valence-electron chi connectivity index (χ2n) is 7.28. The Hall–Kier alpha value is -1.88. The highest BCUT2D eigenvalue weighted by molar-refractivity contribution is 5.98. The number of nitrogens with zero attached hydrogens (tertiary/aromatic N) is 3. The molecule has 2 amide bonds. The van der Waals surface area contributed by atoms with Crippen LogP contribution < -0.4 is 4.90 Å². The average molecular weight is 357 g/mol. The minimum absolute atomic E-state index is 0.108. The first-order valence-corrected chi connectivity index (χ1v) is 10.1. The van der Waals surface area contributed by atoms with E-state index in [-0.39, 0.29) is 11.8 Å². The molecule has 0 bridgehead atoms. The summed E-state index contributed by atoms with van der Waals surface area (Å²) >= 11 is 0. The fourth-order valence-electron chi connectivity index (χ4n) is 4.06. The lowest BCUT2D eigenvalue weighted by molar-refractivity contribution is -0.118. The van der Waals surface area contributed by atoms with Gasteiger partial charge < -0.3 is 14.7 Å². The second kappa shape index (κ2) is 8.67. The SMILES string of the molecule is CCC(=O)N1CCc2cc(C(=O)N(CC)CCCN3CCCC3)ccc21. The molecule has 5 heteroatoms. The van der Waals surface area contributed by atoms with Gasteiger partial charge in [0, 0.05) is 37.3 Å². The summed E-state index contributed by atoms with van der Waals surface area (Å²) in [5.41, 5.74) is 2.84. The third-order valence-corrected chi connectivity index (χ3v) is 5.60. The molecule has 0 saturated carbocycles. The molecule has 0 aliphatic carbocycles. The molecule has 3 rings (SSSR count). The molecule has 0 radical (unpaired) electrons. The van der Waals surface area contributed by atoms with E-state index in [1.54, 1.807) is 0 Å². The Labute approximate surface area is 156 Å². The van der Waals surface area contributed by atoms with Crippen molar-refractivity contribution in [1.29, 1.82) is 0 Å². The van der Waals surface area contributed by atoms with E-state index in [9.17, 15) is 9.59 Å². The smallest absolute Gasteiger partial charge is 0.253 e. The van der Waals surface area contributed by atoms with Gasteiger partial charge in [0.1, 0.15) is 0 Å². The summed E-state index contributed by atoms with van der Waals surface area (Å²) < 4.78 is 0. The van der Waals surface area contributed by atoms with Crippen molar-refractivity contribution in [3.63, 3.8) is 0 Å². The minimum Gasteiger partial charge on any atom is -0.339 e. The lowest BCUT2D eigenvalue weighted by Gasteiger charge is -2.23. The highest BCUT2D eigenvalue weighted by Crippen LogP contribution is 2.29. The zero-order valence-electron chi connectivity index (χ0n) is 16.2. The first-order valence-electron chi connectivity index (χ1n) is 10.1. The Morgan fingerprint density at radius 2 is 1.88 bits per heavy atom. The number of hydrogen-bond acceptors (Lipinski definition) is 3. The summed E-state index contributed by atoms with van der Waals surface area (Å²) in [7, 11) is 0. The van der Waals surface area contributed by atoms with E-state index in [1.807, 2.05) is 41.8 Å². The van der Waals surface area contributed by atoms with Crippen LogP contribution in [0.25, 0.3) is 0 Å². The maximum absolute atomic E-state index is 12.9. The highest BCUT2D eigenvalue weighted by Gasteiger charge is 2.25. The molecule has 1 fully saturated rings. The number of fused-ring (bicyclic) bond motifs is 1. The van der Waals surface area contributed by atoms with Crippen LogP contribution in [0.4, 0.5) is 5.69 Å². The number of hydrogen-bond donors (Lipinski definition) is 0. The van der Waals surface area contributed by atoms with Crippen LogP contribution in [0, 0.1) is 0 Å². The van der Waals surface area contributed by atoms with E-state index < -0.39 is 0 Å². The van der Waals surface area contributed by atoms with Crippen molar-refractivity contribution in [3.05, 3.63) is 29.3 Å². The molecule has 0 spiro atoms. The molecule has 26 heavy (non-hydrogen) atoms. The summed E-state index contributed by atoms with van der Waals surface area (Å²) in [6, 6.07) is 5.82. The van der Waals surface area contributed by atoms with Gasteiger partial charge in [0.15, 0.2) is 0 Å². The van der Waals surface area contributed by atoms with E-state index in [4.69, 9.17) is 0 Å². The molecule has 1 saturated heterocycles. The van der Waals surface area contributed by atoms with Gasteiger partial charge in [-0.05, 0) is 76.0 Å². The number of likely N-dealkylation sites (tertiary alicyclic amines) is 1. The number of benzene rings is 1. The van der Waals surface area contributed by atoms with E-state index in [0.717, 1.165) is 55.8 Å². The minimum atomic E-state index is 0.108. The molecule has 0 atom stereocenters. The number of carbonyl (C=O) groups is 2. The van der Waals surface area contributed by atoms with Crippen LogP contribution in [0.1, 0.15) is 55.5 Å². The molecule has 0 N–H and O–H groups in total. The van der Waals surface area contributed by atoms with Crippen molar-refractivity contribution in [2.24, 2.45) is 0 Å². The molecule has 1 aromatic carbocycles. The number of amides is 2. The topological polar surface area (TPSA) is 43.9 Å². The van der Waals surface area contributed by atoms with E-state index in [1.165, 1.54) is 25.9 Å². The zero-order valence-corrected chi connectivity index (χ0v) is 16.2. The summed E-state index contributed by atoms with van der Waals surface area (Å²) in [6.45, 7) is 9.70. The van der Waals surface area contributed by atoms with Gasteiger partial charge >= 0.3 is 0 Å². The number of rotatable bonds is 7. The molecule has 2 aliphatic rings. The molecule has 1 aromatic rings. The second-order valence-corrected chi connectivity index (χ2v) is 7.28. The molecular weight excluding hydrogens is 326 g/mol. The van der Waals surface area contributed by atoms with Crippen LogP contribution in [0.5, 0.6) is 0 Å². The quantitative estimate of drug-likeness (QED) is 0.754. The van der Waals surface area contributed by atoms with Crippen LogP contribution in [-0.2, 0) is 11.2 Å². The fourth-order valence-corrected chi connectivity index (χ4v) is 4.06. The normalized spacial score (nSPS) is 16.8. The molecule has 5 nitrogen and oxygen atoms in total. The Morgan fingerprint density at radius 3 is 2.58 bits per heavy atom. The number of anilines is 1. The lowest BCUT2D eigenvalue weighted by atomic mass is 10.1. The molecule has 0 unspecified atom stereocenters. The van der Waals surface area contributed by atoms with Gasteiger partial charge in [-0.2, -0.15) is 0 Å². The van der Waals surface area contributed by atoms with Crippen LogP contribution in [0.3, 0.4) is 0 Å². The Balaban J connectivity index is 1.62. The third kappa shape index (κ3) is 4.09. The first kappa shape index (κ1) is 18.9. The fraction of sp³-hybridized carbons (Fsp3) is 0.619. The summed E-state index contributed by atoms with van der Waals surface area (Å²) in [4.78, 5) is 31.2. The maximum atomic E-state index is 12.9. The third-order valence-electron chi connectivity index (χ3n) is 5.60. The van der Waals surface area contributed by atoms with E-state index >= 15 is 0 Å². The summed E-state index contributed by atoms with van der Waals surface area (Å²) in [5, 5.41) is 0. The van der Waals surface area contributed by atoms with Crippen molar-refractivity contribution < 1.29 is 9.59 Å². The molecule has 2 aliphatic heterocycles. The van der Waals surface area contributed by atoms with Gasteiger partial charge in [0.25, 0.3) is 5.91 Å². The summed E-state index contributed by atoms with van der Waals surface area (Å²) in [6.07, 6.45) is 5.00. The van der Waals surface area contributed by atoms with Gasteiger partial charge in [-0.15, -0.1) is 0 Å². The van der Waals surface area contributed by atoms with Crippen molar-refractivity contribution in [2.75, 3.05) is 44.2 Å². The predicted octanol–water partition coefficient (Wildman–Crippen LogP) is 2.93. The van der Waals surface area contributed by atoms with Crippen LogP contribution >= 0.6 is 0 Å². The van der Waals surface area contributed by atoms with Gasteiger partial charge in [-0.25, -0.2) is 0 Å². The Kier molecular flexibility index (Phi) is 6.30. The molecule has 0 aromatic heterocycles. The van der Waals surface area contributed by atoms with Crippen molar-refractivity contribution in [1.82, 2.24) is 9.80 Å². The zero-order chi connectivity index (χ0) is 18.5. The Bertz CT molecular complexity index is 653. The van der Waals surface area contributed by atoms with Gasteiger partial charge in [0.2, 0.25) is 5.91 Å². The average Bonchev–Trinajstić information content (AvgIpc) is 3.33. The van der Waals surface area contributed by atoms with Crippen molar-refractivity contribution in [3.8, 4) is 0 Å². The van der Waals surface area contributed by atoms with Crippen LogP contribution in [-0.4, -0.2) is 60.9 Å². The maximum Gasteiger partial charge on any atom is 0.253 e. The van der Waals surface area contributed by atoms with Crippen molar-refractivity contribution >= 4 is 17.5 Å². The standard InChI is InChI=1S/C21H31N3O2/c1-3-20(25)24-15-10-17-16-18(8-9-19(17)24)21(26)23(4-2)14-7-13-22-11-5-6-12-22/h8-9,16H,3-7,10-15H2,1-2H3. The van der Waals surface area contributed by atoms with Crippen LogP contribution in [0.2, 0.25) is 0 Å². The monoisotopic (exact) mass is 357 g/mol. The van der Waals surface area contributed by atoms with E-state index in [2.05, 4.69) is 4.90 Å². The van der Waals surface area contributed by atoms with Gasteiger partial charge in [0.05, 0.1) is 0 Å². The van der Waals surface area contributed by atoms with E-state index in [0.29, 0.717) is 6.42 Å². The van der Waals surface area contributed by atoms with Crippen LogP contribution in [0.15, 0.2) is 18.2 Å². The van der Waals surface area contributed by atoms with Crippen molar-refractivity contribution in [2.45, 2.75) is 46.0 Å². The molecule has 2 heterocycles. The van der Waals surface area contributed by atoms with Gasteiger partial charge in [-0.1, -0.05) is 6.92 Å². The highest BCUT2D eigenvalue weighted by atomic mass is 16.2.